The molecule has 2 aromatic carbocycles. The van der Waals surface area contributed by atoms with Crippen molar-refractivity contribution >= 4 is 17.5 Å². The van der Waals surface area contributed by atoms with E-state index in [1.165, 1.54) is 17.7 Å². The number of aromatic nitrogens is 2. The molecule has 0 radical (unpaired) electrons. The molecule has 1 saturated heterocycles. The summed E-state index contributed by atoms with van der Waals surface area (Å²) in [5.41, 5.74) is 4.77. The number of hydrogen-bond donors (Lipinski definition) is 1. The number of halogens is 1. The third-order valence-corrected chi connectivity index (χ3v) is 5.95. The van der Waals surface area contributed by atoms with Crippen LogP contribution in [-0.4, -0.2) is 47.1 Å². The number of piperazine rings is 1. The molecule has 3 aromatic rings. The summed E-state index contributed by atoms with van der Waals surface area (Å²) < 4.78 is 13.4. The predicted molar refractivity (Wildman–Crippen MR) is 130 cm³/mol. The number of anilines is 2. The summed E-state index contributed by atoms with van der Waals surface area (Å²) in [4.78, 5) is 26.4. The molecule has 33 heavy (non-hydrogen) atoms. The van der Waals surface area contributed by atoms with Gasteiger partial charge in [-0.05, 0) is 38.0 Å². The fraction of sp³-hybridized carbons (Fsp3) is 0.346. The number of carbonyl (C=O) groups excluding carboxylic acids is 1. The monoisotopic (exact) mass is 447 g/mol. The smallest absolute Gasteiger partial charge is 0.321 e. The maximum atomic E-state index is 13.4. The number of aryl methyl sites for hydroxylation is 2. The van der Waals surface area contributed by atoms with Crippen LogP contribution >= 0.6 is 0 Å². The molecule has 7 heteroatoms. The third kappa shape index (κ3) is 5.13. The highest BCUT2D eigenvalue weighted by molar-refractivity contribution is 5.89. The number of urea groups is 1. The number of amides is 2. The minimum atomic E-state index is -0.373. The lowest BCUT2D eigenvalue weighted by Crippen LogP contribution is -2.50. The van der Waals surface area contributed by atoms with Crippen LogP contribution in [0.1, 0.15) is 36.6 Å². The van der Waals surface area contributed by atoms with E-state index in [1.54, 1.807) is 17.0 Å². The number of nitrogens with one attached hydrogen (secondary N) is 1. The Kier molecular flexibility index (Phi) is 6.58. The van der Waals surface area contributed by atoms with Crippen molar-refractivity contribution in [2.45, 2.75) is 33.6 Å². The van der Waals surface area contributed by atoms with Gasteiger partial charge in [-0.25, -0.2) is 19.2 Å². The van der Waals surface area contributed by atoms with Gasteiger partial charge in [0.15, 0.2) is 5.82 Å². The van der Waals surface area contributed by atoms with Crippen LogP contribution < -0.4 is 10.2 Å². The van der Waals surface area contributed by atoms with Crippen molar-refractivity contribution in [3.63, 3.8) is 0 Å². The first-order valence-electron chi connectivity index (χ1n) is 11.3. The first-order chi connectivity index (χ1) is 15.8. The predicted octanol–water partition coefficient (Wildman–Crippen LogP) is 5.38. The topological polar surface area (TPSA) is 61.4 Å². The van der Waals surface area contributed by atoms with Crippen LogP contribution in [0.4, 0.5) is 20.7 Å². The molecule has 0 saturated carbocycles. The highest BCUT2D eigenvalue weighted by atomic mass is 19.1. The van der Waals surface area contributed by atoms with E-state index in [2.05, 4.69) is 55.3 Å². The average molecular weight is 448 g/mol. The Morgan fingerprint density at radius 1 is 1.00 bits per heavy atom. The van der Waals surface area contributed by atoms with Gasteiger partial charge in [-0.1, -0.05) is 49.7 Å². The number of rotatable bonds is 4. The molecule has 1 aromatic heterocycles. The number of benzene rings is 2. The zero-order valence-corrected chi connectivity index (χ0v) is 19.6. The first-order valence-corrected chi connectivity index (χ1v) is 11.3. The maximum Gasteiger partial charge on any atom is 0.321 e. The summed E-state index contributed by atoms with van der Waals surface area (Å²) in [6.07, 6.45) is 0. The fourth-order valence-electron chi connectivity index (χ4n) is 4.21. The molecule has 0 spiro atoms. The van der Waals surface area contributed by atoms with Crippen molar-refractivity contribution in [1.82, 2.24) is 14.9 Å². The maximum absolute atomic E-state index is 13.4. The zero-order valence-electron chi connectivity index (χ0n) is 19.6. The second-order valence-corrected chi connectivity index (χ2v) is 8.81. The molecule has 6 nitrogen and oxygen atoms in total. The van der Waals surface area contributed by atoms with Gasteiger partial charge in [-0.3, -0.25) is 0 Å². The van der Waals surface area contributed by atoms with Crippen LogP contribution in [0.15, 0.2) is 48.5 Å². The van der Waals surface area contributed by atoms with Crippen LogP contribution in [0.25, 0.3) is 11.4 Å². The molecule has 1 aliphatic heterocycles. The van der Waals surface area contributed by atoms with Gasteiger partial charge in [0.2, 0.25) is 0 Å². The standard InChI is InChI=1S/C26H30FN5O/c1-17(2)23-19(4)28-24(20-10-8-18(3)9-11-20)30-25(23)31-12-14-32(15-13-31)26(33)29-22-7-5-6-21(27)16-22/h5-11,16-17H,12-15H2,1-4H3,(H,29,33). The lowest BCUT2D eigenvalue weighted by Gasteiger charge is -2.37. The molecule has 0 unspecified atom stereocenters. The lowest BCUT2D eigenvalue weighted by atomic mass is 10.0. The zero-order chi connectivity index (χ0) is 23.5. The Bertz CT molecular complexity index is 1140. The van der Waals surface area contributed by atoms with E-state index >= 15 is 0 Å². The molecule has 172 valence electrons. The summed E-state index contributed by atoms with van der Waals surface area (Å²) in [5.74, 6) is 1.57. The minimum absolute atomic E-state index is 0.219. The van der Waals surface area contributed by atoms with Crippen molar-refractivity contribution in [3.05, 3.63) is 71.2 Å². The van der Waals surface area contributed by atoms with Crippen molar-refractivity contribution in [2.24, 2.45) is 0 Å². The highest BCUT2D eigenvalue weighted by Crippen LogP contribution is 2.31. The lowest BCUT2D eigenvalue weighted by molar-refractivity contribution is 0.208. The van der Waals surface area contributed by atoms with E-state index < -0.39 is 0 Å². The largest absolute Gasteiger partial charge is 0.353 e. The fourth-order valence-corrected chi connectivity index (χ4v) is 4.21. The van der Waals surface area contributed by atoms with Gasteiger partial charge in [0.25, 0.3) is 0 Å². The van der Waals surface area contributed by atoms with Crippen LogP contribution in [0.5, 0.6) is 0 Å². The first kappa shape index (κ1) is 22.7. The molecule has 0 atom stereocenters. The second kappa shape index (κ2) is 9.57. The van der Waals surface area contributed by atoms with Gasteiger partial charge in [0, 0.05) is 48.7 Å². The van der Waals surface area contributed by atoms with E-state index in [-0.39, 0.29) is 17.8 Å². The summed E-state index contributed by atoms with van der Waals surface area (Å²) >= 11 is 0. The third-order valence-electron chi connectivity index (χ3n) is 5.95. The Morgan fingerprint density at radius 3 is 2.33 bits per heavy atom. The van der Waals surface area contributed by atoms with Gasteiger partial charge < -0.3 is 15.1 Å². The number of hydrogen-bond acceptors (Lipinski definition) is 4. The van der Waals surface area contributed by atoms with Gasteiger partial charge in [0.05, 0.1) is 0 Å². The van der Waals surface area contributed by atoms with Crippen LogP contribution in [0.3, 0.4) is 0 Å². The Labute approximate surface area is 194 Å². The van der Waals surface area contributed by atoms with E-state index in [1.807, 2.05) is 6.92 Å². The van der Waals surface area contributed by atoms with E-state index in [4.69, 9.17) is 9.97 Å². The Balaban J connectivity index is 1.53. The SMILES string of the molecule is Cc1ccc(-c2nc(C)c(C(C)C)c(N3CCN(C(=O)Nc4cccc(F)c4)CC3)n2)cc1. The molecule has 1 aliphatic rings. The second-order valence-electron chi connectivity index (χ2n) is 8.81. The van der Waals surface area contributed by atoms with Crippen LogP contribution in [0.2, 0.25) is 0 Å². The van der Waals surface area contributed by atoms with E-state index in [9.17, 15) is 9.18 Å². The summed E-state index contributed by atoms with van der Waals surface area (Å²) in [7, 11) is 0. The summed E-state index contributed by atoms with van der Waals surface area (Å²) in [6.45, 7) is 10.9. The summed E-state index contributed by atoms with van der Waals surface area (Å²) in [5, 5.41) is 2.78. The molecule has 0 bridgehead atoms. The normalized spacial score (nSPS) is 14.0. The molecule has 1 N–H and O–H groups in total. The quantitative estimate of drug-likeness (QED) is 0.584. The molecule has 4 rings (SSSR count). The summed E-state index contributed by atoms with van der Waals surface area (Å²) in [6, 6.07) is 14.0. The molecule has 0 aliphatic carbocycles. The molecule has 2 amide bonds. The van der Waals surface area contributed by atoms with Gasteiger partial charge in [-0.2, -0.15) is 0 Å². The molecule has 2 heterocycles. The Hall–Kier alpha value is -3.48. The molecule has 1 fully saturated rings. The minimum Gasteiger partial charge on any atom is -0.353 e. The van der Waals surface area contributed by atoms with Crippen molar-refractivity contribution in [1.29, 1.82) is 0 Å². The molecular formula is C26H30FN5O. The van der Waals surface area contributed by atoms with Crippen LogP contribution in [-0.2, 0) is 0 Å². The van der Waals surface area contributed by atoms with Crippen molar-refractivity contribution in [3.8, 4) is 11.4 Å². The highest BCUT2D eigenvalue weighted by Gasteiger charge is 2.26. The molecular weight excluding hydrogens is 417 g/mol. The Morgan fingerprint density at radius 2 is 1.70 bits per heavy atom. The van der Waals surface area contributed by atoms with E-state index in [0.29, 0.717) is 31.9 Å². The van der Waals surface area contributed by atoms with Gasteiger partial charge in [-0.15, -0.1) is 0 Å². The average Bonchev–Trinajstić information content (AvgIpc) is 2.79. The van der Waals surface area contributed by atoms with Gasteiger partial charge in [0.1, 0.15) is 11.6 Å². The van der Waals surface area contributed by atoms with Crippen molar-refractivity contribution < 1.29 is 9.18 Å². The van der Waals surface area contributed by atoms with Crippen molar-refractivity contribution in [2.75, 3.05) is 36.4 Å². The van der Waals surface area contributed by atoms with Gasteiger partial charge >= 0.3 is 6.03 Å². The number of carbonyl (C=O) groups is 1. The van der Waals surface area contributed by atoms with E-state index in [0.717, 1.165) is 28.5 Å². The number of nitrogens with zero attached hydrogens (tertiary/aromatic N) is 4. The van der Waals surface area contributed by atoms with Crippen LogP contribution in [0, 0.1) is 19.7 Å².